The molecule has 0 aliphatic heterocycles. The van der Waals surface area contributed by atoms with Crippen LogP contribution in [-0.4, -0.2) is 0 Å². The minimum atomic E-state index is -0.216. The summed E-state index contributed by atoms with van der Waals surface area (Å²) < 4.78 is 18.9. The van der Waals surface area contributed by atoms with Crippen molar-refractivity contribution in [1.29, 1.82) is 0 Å². The predicted octanol–water partition coefficient (Wildman–Crippen LogP) is 4.02. The molecule has 0 aliphatic rings. The molecule has 0 bridgehead atoms. The molecule has 0 atom stereocenters. The first-order chi connectivity index (χ1) is 8.16. The van der Waals surface area contributed by atoms with E-state index >= 15 is 0 Å². The van der Waals surface area contributed by atoms with Crippen LogP contribution in [0.1, 0.15) is 16.7 Å². The maximum absolute atomic E-state index is 13.1. The Morgan fingerprint density at radius 2 is 1.59 bits per heavy atom. The summed E-state index contributed by atoms with van der Waals surface area (Å²) in [6, 6.07) is 12.9. The smallest absolute Gasteiger partial charge is 0.125 e. The van der Waals surface area contributed by atoms with E-state index < -0.39 is 0 Å². The van der Waals surface area contributed by atoms with Crippen LogP contribution in [0.4, 0.5) is 4.39 Å². The van der Waals surface area contributed by atoms with Gasteiger partial charge in [0.15, 0.2) is 0 Å². The van der Waals surface area contributed by atoms with Gasteiger partial charge < -0.3 is 4.74 Å². The van der Waals surface area contributed by atoms with Crippen LogP contribution in [0.3, 0.4) is 0 Å². The molecule has 0 saturated heterocycles. The number of hydrogen-bond donors (Lipinski definition) is 0. The molecule has 0 N–H and O–H groups in total. The molecule has 0 unspecified atom stereocenters. The first kappa shape index (κ1) is 11.6. The van der Waals surface area contributed by atoms with Gasteiger partial charge >= 0.3 is 0 Å². The van der Waals surface area contributed by atoms with Crippen LogP contribution in [0.5, 0.6) is 5.75 Å². The van der Waals surface area contributed by atoms with Crippen LogP contribution in [0, 0.1) is 19.7 Å². The third-order valence-corrected chi connectivity index (χ3v) is 2.65. The van der Waals surface area contributed by atoms with E-state index in [0.29, 0.717) is 6.61 Å². The summed E-state index contributed by atoms with van der Waals surface area (Å²) in [6.45, 7) is 4.22. The van der Waals surface area contributed by atoms with Crippen LogP contribution in [0.15, 0.2) is 42.5 Å². The zero-order valence-electron chi connectivity index (χ0n) is 10.0. The quantitative estimate of drug-likeness (QED) is 0.773. The second kappa shape index (κ2) is 5.00. The average Bonchev–Trinajstić information content (AvgIpc) is 2.29. The highest BCUT2D eigenvalue weighted by atomic mass is 19.1. The first-order valence-corrected chi connectivity index (χ1v) is 5.60. The summed E-state index contributed by atoms with van der Waals surface area (Å²) >= 11 is 0. The molecule has 0 amide bonds. The highest BCUT2D eigenvalue weighted by Gasteiger charge is 2.06. The fraction of sp³-hybridized carbons (Fsp3) is 0.200. The summed E-state index contributed by atoms with van der Waals surface area (Å²) in [5, 5.41) is 0. The van der Waals surface area contributed by atoms with Crippen molar-refractivity contribution < 1.29 is 9.13 Å². The van der Waals surface area contributed by atoms with Crippen LogP contribution < -0.4 is 4.74 Å². The molecule has 2 aromatic rings. The molecule has 0 heterocycles. The van der Waals surface area contributed by atoms with Crippen molar-refractivity contribution in [3.63, 3.8) is 0 Å². The Labute approximate surface area is 101 Å². The van der Waals surface area contributed by atoms with E-state index in [4.69, 9.17) is 4.74 Å². The average molecular weight is 230 g/mol. The summed E-state index contributed by atoms with van der Waals surface area (Å²) in [5.74, 6) is 0.558. The molecule has 0 saturated carbocycles. The van der Waals surface area contributed by atoms with E-state index in [1.165, 1.54) is 12.1 Å². The molecule has 0 fully saturated rings. The lowest BCUT2D eigenvalue weighted by Crippen LogP contribution is -1.99. The Bertz CT molecular complexity index is 483. The minimum absolute atomic E-state index is 0.216. The van der Waals surface area contributed by atoms with E-state index in [9.17, 15) is 4.39 Å². The molecule has 0 spiro atoms. The number of hydrogen-bond acceptors (Lipinski definition) is 1. The fourth-order valence-corrected chi connectivity index (χ4v) is 1.85. The number of ether oxygens (including phenoxy) is 1. The molecule has 2 rings (SSSR count). The molecule has 0 aromatic heterocycles. The molecular formula is C15H15FO. The monoisotopic (exact) mass is 230 g/mol. The maximum Gasteiger partial charge on any atom is 0.125 e. The molecular weight excluding hydrogens is 215 g/mol. The van der Waals surface area contributed by atoms with Crippen LogP contribution >= 0.6 is 0 Å². The first-order valence-electron chi connectivity index (χ1n) is 5.60. The van der Waals surface area contributed by atoms with Crippen molar-refractivity contribution in [2.75, 3.05) is 0 Å². The van der Waals surface area contributed by atoms with Gasteiger partial charge in [0, 0.05) is 0 Å². The van der Waals surface area contributed by atoms with Gasteiger partial charge in [-0.25, -0.2) is 4.39 Å². The van der Waals surface area contributed by atoms with Gasteiger partial charge in [0.1, 0.15) is 18.2 Å². The van der Waals surface area contributed by atoms with Crippen LogP contribution in [0.2, 0.25) is 0 Å². The molecule has 0 radical (unpaired) electrons. The largest absolute Gasteiger partial charge is 0.488 e. The Morgan fingerprint density at radius 1 is 1.00 bits per heavy atom. The van der Waals surface area contributed by atoms with Gasteiger partial charge in [-0.3, -0.25) is 0 Å². The van der Waals surface area contributed by atoms with Crippen LogP contribution in [-0.2, 0) is 6.61 Å². The number of halogens is 1. The van der Waals surface area contributed by atoms with E-state index in [0.717, 1.165) is 22.4 Å². The predicted molar refractivity (Wildman–Crippen MR) is 66.6 cm³/mol. The van der Waals surface area contributed by atoms with E-state index in [-0.39, 0.29) is 5.82 Å². The zero-order valence-corrected chi connectivity index (χ0v) is 10.0. The van der Waals surface area contributed by atoms with Crippen molar-refractivity contribution in [3.8, 4) is 5.75 Å². The number of aryl methyl sites for hydroxylation is 2. The van der Waals surface area contributed by atoms with Crippen molar-refractivity contribution in [2.45, 2.75) is 20.5 Å². The fourth-order valence-electron chi connectivity index (χ4n) is 1.85. The van der Waals surface area contributed by atoms with Crippen molar-refractivity contribution in [1.82, 2.24) is 0 Å². The molecule has 88 valence electrons. The summed E-state index contributed by atoms with van der Waals surface area (Å²) in [6.07, 6.45) is 0. The highest BCUT2D eigenvalue weighted by Crippen LogP contribution is 2.25. The van der Waals surface area contributed by atoms with Gasteiger partial charge in [-0.05, 0) is 42.7 Å². The van der Waals surface area contributed by atoms with E-state index in [2.05, 4.69) is 0 Å². The lowest BCUT2D eigenvalue weighted by molar-refractivity contribution is 0.301. The zero-order chi connectivity index (χ0) is 12.3. The van der Waals surface area contributed by atoms with E-state index in [1.54, 1.807) is 0 Å². The number of rotatable bonds is 3. The Balaban J connectivity index is 2.15. The van der Waals surface area contributed by atoms with Crippen molar-refractivity contribution in [2.24, 2.45) is 0 Å². The molecule has 2 heteroatoms. The topological polar surface area (TPSA) is 9.23 Å². The third-order valence-electron chi connectivity index (χ3n) is 2.65. The van der Waals surface area contributed by atoms with Crippen molar-refractivity contribution in [3.05, 3.63) is 65.0 Å². The summed E-state index contributed by atoms with van der Waals surface area (Å²) in [7, 11) is 0. The van der Waals surface area contributed by atoms with Gasteiger partial charge in [-0.2, -0.15) is 0 Å². The standard InChI is InChI=1S/C15H15FO/c1-11-8-14(16)9-12(2)15(11)17-10-13-6-4-3-5-7-13/h3-9H,10H2,1-2H3. The Morgan fingerprint density at radius 3 is 2.18 bits per heavy atom. The Kier molecular flexibility index (Phi) is 3.43. The molecule has 1 nitrogen and oxygen atoms in total. The highest BCUT2D eigenvalue weighted by molar-refractivity contribution is 5.40. The maximum atomic E-state index is 13.1. The van der Waals surface area contributed by atoms with Gasteiger partial charge in [-0.1, -0.05) is 30.3 Å². The summed E-state index contributed by atoms with van der Waals surface area (Å²) in [5.41, 5.74) is 2.77. The lowest BCUT2D eigenvalue weighted by atomic mass is 10.1. The van der Waals surface area contributed by atoms with Gasteiger partial charge in [-0.15, -0.1) is 0 Å². The lowest BCUT2D eigenvalue weighted by Gasteiger charge is -2.12. The normalized spacial score (nSPS) is 10.3. The summed E-state index contributed by atoms with van der Waals surface area (Å²) in [4.78, 5) is 0. The number of benzene rings is 2. The van der Waals surface area contributed by atoms with E-state index in [1.807, 2.05) is 44.2 Å². The molecule has 2 aromatic carbocycles. The molecule has 17 heavy (non-hydrogen) atoms. The minimum Gasteiger partial charge on any atom is -0.488 e. The van der Waals surface area contributed by atoms with Gasteiger partial charge in [0.2, 0.25) is 0 Å². The Hall–Kier alpha value is -1.83. The molecule has 0 aliphatic carbocycles. The third kappa shape index (κ3) is 2.84. The van der Waals surface area contributed by atoms with Crippen LogP contribution in [0.25, 0.3) is 0 Å². The van der Waals surface area contributed by atoms with Gasteiger partial charge in [0.05, 0.1) is 0 Å². The second-order valence-corrected chi connectivity index (χ2v) is 4.14. The SMILES string of the molecule is Cc1cc(F)cc(C)c1OCc1ccccc1. The van der Waals surface area contributed by atoms with Gasteiger partial charge in [0.25, 0.3) is 0 Å². The van der Waals surface area contributed by atoms with Crippen molar-refractivity contribution >= 4 is 0 Å². The second-order valence-electron chi connectivity index (χ2n) is 4.14.